The molecule has 98 valence electrons. The van der Waals surface area contributed by atoms with Crippen LogP contribution in [-0.2, 0) is 5.41 Å². The lowest BCUT2D eigenvalue weighted by molar-refractivity contribution is 0.306. The lowest BCUT2D eigenvalue weighted by Crippen LogP contribution is -2.35. The molecule has 0 aliphatic heterocycles. The van der Waals surface area contributed by atoms with E-state index in [1.165, 1.54) is 17.5 Å². The van der Waals surface area contributed by atoms with Crippen LogP contribution in [0.5, 0.6) is 0 Å². The van der Waals surface area contributed by atoms with Gasteiger partial charge in [0, 0.05) is 5.41 Å². The van der Waals surface area contributed by atoms with E-state index >= 15 is 0 Å². The predicted octanol–water partition coefficient (Wildman–Crippen LogP) is 4.47. The molecule has 0 heterocycles. The molecule has 1 fully saturated rings. The quantitative estimate of drug-likeness (QED) is 0.605. The molecule has 18 heavy (non-hydrogen) atoms. The van der Waals surface area contributed by atoms with Crippen LogP contribution in [0.1, 0.15) is 63.5 Å². The summed E-state index contributed by atoms with van der Waals surface area (Å²) in [5.41, 5.74) is 3.49. The first-order chi connectivity index (χ1) is 8.58. The largest absolute Gasteiger partial charge is 0.411 e. The molecule has 1 atom stereocenters. The van der Waals surface area contributed by atoms with Crippen molar-refractivity contribution in [2.45, 2.75) is 57.8 Å². The number of benzene rings is 1. The molecule has 1 aromatic rings. The molecule has 0 aromatic heterocycles. The monoisotopic (exact) mass is 245 g/mol. The molecule has 2 heteroatoms. The third-order valence-electron chi connectivity index (χ3n) is 4.31. The Morgan fingerprint density at radius 3 is 2.39 bits per heavy atom. The Balaban J connectivity index is 2.34. The number of hydrogen-bond donors (Lipinski definition) is 1. The highest BCUT2D eigenvalue weighted by atomic mass is 16.4. The second-order valence-corrected chi connectivity index (χ2v) is 5.86. The van der Waals surface area contributed by atoms with Gasteiger partial charge in [-0.05, 0) is 36.3 Å². The summed E-state index contributed by atoms with van der Waals surface area (Å²) in [5.74, 6) is 0.559. The van der Waals surface area contributed by atoms with Crippen LogP contribution in [0.3, 0.4) is 0 Å². The molecule has 1 saturated carbocycles. The molecule has 0 bridgehead atoms. The smallest absolute Gasteiger partial charge is 0.0673 e. The molecule has 1 aliphatic carbocycles. The first-order valence-electron chi connectivity index (χ1n) is 6.90. The fourth-order valence-corrected chi connectivity index (χ4v) is 2.90. The van der Waals surface area contributed by atoms with Crippen molar-refractivity contribution in [3.8, 4) is 0 Å². The molecule has 0 amide bonds. The van der Waals surface area contributed by atoms with Gasteiger partial charge in [-0.1, -0.05) is 56.6 Å². The van der Waals surface area contributed by atoms with Gasteiger partial charge in [0.2, 0.25) is 0 Å². The Morgan fingerprint density at radius 2 is 1.83 bits per heavy atom. The SMILES string of the molecule is CC(C)c1ccc(C2(C)CCCCC2=NO)cc1. The van der Waals surface area contributed by atoms with Crippen molar-refractivity contribution in [2.75, 3.05) is 0 Å². The van der Waals surface area contributed by atoms with Crippen molar-refractivity contribution in [1.29, 1.82) is 0 Å². The molecule has 1 N–H and O–H groups in total. The van der Waals surface area contributed by atoms with E-state index in [-0.39, 0.29) is 5.41 Å². The minimum absolute atomic E-state index is 0.0808. The van der Waals surface area contributed by atoms with Gasteiger partial charge >= 0.3 is 0 Å². The molecule has 0 spiro atoms. The van der Waals surface area contributed by atoms with E-state index in [1.54, 1.807) is 0 Å². The Labute approximate surface area is 110 Å². The van der Waals surface area contributed by atoms with Crippen LogP contribution in [0.4, 0.5) is 0 Å². The van der Waals surface area contributed by atoms with E-state index < -0.39 is 0 Å². The maximum absolute atomic E-state index is 9.22. The fraction of sp³-hybridized carbons (Fsp3) is 0.562. The first kappa shape index (κ1) is 13.1. The zero-order valence-electron chi connectivity index (χ0n) is 11.6. The fourth-order valence-electron chi connectivity index (χ4n) is 2.90. The molecule has 1 aromatic carbocycles. The van der Waals surface area contributed by atoms with Gasteiger partial charge < -0.3 is 5.21 Å². The molecule has 2 rings (SSSR count). The molecule has 0 saturated heterocycles. The van der Waals surface area contributed by atoms with Gasteiger partial charge in [0.15, 0.2) is 0 Å². The van der Waals surface area contributed by atoms with Crippen LogP contribution >= 0.6 is 0 Å². The van der Waals surface area contributed by atoms with Gasteiger partial charge in [-0.15, -0.1) is 0 Å². The van der Waals surface area contributed by atoms with Crippen LogP contribution < -0.4 is 0 Å². The van der Waals surface area contributed by atoms with Gasteiger partial charge in [-0.2, -0.15) is 0 Å². The van der Waals surface area contributed by atoms with Crippen LogP contribution in [0.2, 0.25) is 0 Å². The lowest BCUT2D eigenvalue weighted by Gasteiger charge is -2.35. The zero-order chi connectivity index (χ0) is 13.2. The highest BCUT2D eigenvalue weighted by molar-refractivity contribution is 5.94. The summed E-state index contributed by atoms with van der Waals surface area (Å²) in [6.45, 7) is 6.61. The Morgan fingerprint density at radius 1 is 1.17 bits per heavy atom. The Bertz CT molecular complexity index is 433. The Hall–Kier alpha value is -1.31. The summed E-state index contributed by atoms with van der Waals surface area (Å²) < 4.78 is 0. The molecule has 1 unspecified atom stereocenters. The van der Waals surface area contributed by atoms with E-state index in [4.69, 9.17) is 0 Å². The number of hydrogen-bond acceptors (Lipinski definition) is 2. The van der Waals surface area contributed by atoms with E-state index in [0.717, 1.165) is 25.0 Å². The van der Waals surface area contributed by atoms with Crippen molar-refractivity contribution in [3.63, 3.8) is 0 Å². The topological polar surface area (TPSA) is 32.6 Å². The third-order valence-corrected chi connectivity index (χ3v) is 4.31. The van der Waals surface area contributed by atoms with Crippen LogP contribution in [0.25, 0.3) is 0 Å². The summed E-state index contributed by atoms with van der Waals surface area (Å²) in [7, 11) is 0. The maximum Gasteiger partial charge on any atom is 0.0673 e. The molecular weight excluding hydrogens is 222 g/mol. The van der Waals surface area contributed by atoms with Crippen molar-refractivity contribution < 1.29 is 5.21 Å². The highest BCUT2D eigenvalue weighted by Crippen LogP contribution is 2.37. The van der Waals surface area contributed by atoms with Gasteiger partial charge in [0.05, 0.1) is 5.71 Å². The summed E-state index contributed by atoms with van der Waals surface area (Å²) in [6, 6.07) is 8.81. The number of rotatable bonds is 2. The lowest BCUT2D eigenvalue weighted by atomic mass is 9.69. The van der Waals surface area contributed by atoms with Gasteiger partial charge in [-0.3, -0.25) is 0 Å². The van der Waals surface area contributed by atoms with E-state index in [0.29, 0.717) is 5.92 Å². The molecule has 2 nitrogen and oxygen atoms in total. The molecule has 1 aliphatic rings. The standard InChI is InChI=1S/C16H23NO/c1-12(2)13-7-9-14(10-8-13)16(3)11-5-4-6-15(16)17-18/h7-10,12,18H,4-6,11H2,1-3H3. The number of nitrogens with zero attached hydrogens (tertiary/aromatic N) is 1. The predicted molar refractivity (Wildman–Crippen MR) is 75.6 cm³/mol. The highest BCUT2D eigenvalue weighted by Gasteiger charge is 2.35. The summed E-state index contributed by atoms with van der Waals surface area (Å²) >= 11 is 0. The first-order valence-corrected chi connectivity index (χ1v) is 6.90. The van der Waals surface area contributed by atoms with Crippen LogP contribution in [-0.4, -0.2) is 10.9 Å². The van der Waals surface area contributed by atoms with Crippen LogP contribution in [0, 0.1) is 0 Å². The summed E-state index contributed by atoms with van der Waals surface area (Å²) in [6.07, 6.45) is 4.34. The maximum atomic E-state index is 9.22. The van der Waals surface area contributed by atoms with E-state index in [1.807, 2.05) is 0 Å². The van der Waals surface area contributed by atoms with Crippen molar-refractivity contribution in [3.05, 3.63) is 35.4 Å². The van der Waals surface area contributed by atoms with Crippen molar-refractivity contribution in [2.24, 2.45) is 5.16 Å². The van der Waals surface area contributed by atoms with E-state index in [2.05, 4.69) is 50.2 Å². The zero-order valence-corrected chi connectivity index (χ0v) is 11.6. The average Bonchev–Trinajstić information content (AvgIpc) is 2.39. The minimum atomic E-state index is -0.0808. The van der Waals surface area contributed by atoms with Gasteiger partial charge in [0.25, 0.3) is 0 Å². The second kappa shape index (κ2) is 5.13. The van der Waals surface area contributed by atoms with Crippen molar-refractivity contribution in [1.82, 2.24) is 0 Å². The van der Waals surface area contributed by atoms with Gasteiger partial charge in [0.1, 0.15) is 0 Å². The molecular formula is C16H23NO. The van der Waals surface area contributed by atoms with E-state index in [9.17, 15) is 5.21 Å². The normalized spacial score (nSPS) is 26.8. The average molecular weight is 245 g/mol. The molecule has 0 radical (unpaired) electrons. The third kappa shape index (κ3) is 2.29. The second-order valence-electron chi connectivity index (χ2n) is 5.86. The van der Waals surface area contributed by atoms with Crippen LogP contribution in [0.15, 0.2) is 29.4 Å². The summed E-state index contributed by atoms with van der Waals surface area (Å²) in [4.78, 5) is 0. The van der Waals surface area contributed by atoms with Crippen molar-refractivity contribution >= 4 is 5.71 Å². The number of oxime groups is 1. The Kier molecular flexibility index (Phi) is 3.74. The summed E-state index contributed by atoms with van der Waals surface area (Å²) in [5, 5.41) is 12.8. The van der Waals surface area contributed by atoms with Gasteiger partial charge in [-0.25, -0.2) is 0 Å². The minimum Gasteiger partial charge on any atom is -0.411 e.